The molecule has 2 amide bonds. The van der Waals surface area contributed by atoms with E-state index in [-0.39, 0.29) is 17.9 Å². The van der Waals surface area contributed by atoms with Gasteiger partial charge in [0, 0.05) is 42.0 Å². The highest BCUT2D eigenvalue weighted by atomic mass is 16.5. The molecule has 3 aromatic rings. The lowest BCUT2D eigenvalue weighted by Crippen LogP contribution is -2.51. The number of benzene rings is 2. The van der Waals surface area contributed by atoms with Crippen LogP contribution in [0.4, 0.5) is 5.82 Å². The zero-order chi connectivity index (χ0) is 26.5. The van der Waals surface area contributed by atoms with Crippen LogP contribution in [0.3, 0.4) is 0 Å². The topological polar surface area (TPSA) is 83.6 Å². The number of amides is 2. The molecule has 3 heterocycles. The maximum atomic E-state index is 13.2. The van der Waals surface area contributed by atoms with Gasteiger partial charge >= 0.3 is 0 Å². The van der Waals surface area contributed by atoms with Gasteiger partial charge in [0.25, 0.3) is 11.8 Å². The number of rotatable bonds is 9. The number of carbonyl (C=O) groups is 2. The molecule has 2 N–H and O–H groups in total. The van der Waals surface area contributed by atoms with Crippen molar-refractivity contribution in [3.05, 3.63) is 102 Å². The summed E-state index contributed by atoms with van der Waals surface area (Å²) < 4.78 is 5.48. The minimum absolute atomic E-state index is 0.0670. The molecule has 2 aliphatic heterocycles. The molecular weight excluding hydrogens is 476 g/mol. The van der Waals surface area contributed by atoms with Crippen LogP contribution in [0.25, 0.3) is 0 Å². The third-order valence-electron chi connectivity index (χ3n) is 7.58. The Balaban J connectivity index is 1.21. The third kappa shape index (κ3) is 5.42. The first-order chi connectivity index (χ1) is 18.6. The number of carbonyl (C=O) groups excluding carboxylic acids is 2. The molecule has 2 fully saturated rings. The lowest BCUT2D eigenvalue weighted by Gasteiger charge is -2.40. The fourth-order valence-corrected chi connectivity index (χ4v) is 5.81. The van der Waals surface area contributed by atoms with Gasteiger partial charge in [0.05, 0.1) is 12.7 Å². The minimum Gasteiger partial charge on any atom is -0.496 e. The highest BCUT2D eigenvalue weighted by molar-refractivity contribution is 5.96. The molecule has 0 aliphatic carbocycles. The number of piperidine rings is 1. The second-order valence-corrected chi connectivity index (χ2v) is 9.99. The highest BCUT2D eigenvalue weighted by Gasteiger charge is 2.42. The number of hydrogen-bond donors (Lipinski definition) is 2. The van der Waals surface area contributed by atoms with Gasteiger partial charge in [-0.05, 0) is 61.9 Å². The van der Waals surface area contributed by atoms with Gasteiger partial charge in [0.15, 0.2) is 0 Å². The van der Waals surface area contributed by atoms with E-state index < -0.39 is 0 Å². The van der Waals surface area contributed by atoms with Crippen molar-refractivity contribution in [2.24, 2.45) is 0 Å². The van der Waals surface area contributed by atoms with E-state index in [9.17, 15) is 9.59 Å². The Labute approximate surface area is 223 Å². The Morgan fingerprint density at radius 3 is 2.45 bits per heavy atom. The van der Waals surface area contributed by atoms with Crippen molar-refractivity contribution in [1.82, 2.24) is 15.6 Å². The number of ether oxygens (including phenoxy) is 1. The number of nitrogens with one attached hydrogen (secondary N) is 2. The standard InChI is InChI=1S/C31H34N4O3/c1-3-8-26-27(11-7-12-28(26)38-2)31(37)34-23-17-24-14-15-25(18-23)35(24)29-16-13-22(20-32-29)30(36)33-19-21-9-5-4-6-10-21/h3-7,9-13,16,20,23-25H,1,8,14-15,17-19H2,2H3,(H,33,36)(H,34,37)/t23?,24-,25+. The number of pyridine rings is 1. The highest BCUT2D eigenvalue weighted by Crippen LogP contribution is 2.38. The summed E-state index contributed by atoms with van der Waals surface area (Å²) in [4.78, 5) is 32.9. The average Bonchev–Trinajstić information content (AvgIpc) is 3.22. The van der Waals surface area contributed by atoms with Gasteiger partial charge in [0.2, 0.25) is 0 Å². The number of anilines is 1. The van der Waals surface area contributed by atoms with Gasteiger partial charge in [0.1, 0.15) is 11.6 Å². The molecule has 2 bridgehead atoms. The number of allylic oxidation sites excluding steroid dienone is 1. The summed E-state index contributed by atoms with van der Waals surface area (Å²) in [5, 5.41) is 6.24. The molecular formula is C31H34N4O3. The van der Waals surface area contributed by atoms with Crippen LogP contribution in [-0.4, -0.2) is 42.0 Å². The Kier molecular flexibility index (Phi) is 7.73. The lowest BCUT2D eigenvalue weighted by atomic mass is 9.96. The lowest BCUT2D eigenvalue weighted by molar-refractivity contribution is 0.0923. The SMILES string of the molecule is C=CCc1c(OC)cccc1C(=O)NC1C[C@H]2CC[C@@H](C1)N2c1ccc(C(=O)NCc2ccccc2)cn1. The molecule has 1 aromatic heterocycles. The molecule has 0 radical (unpaired) electrons. The first-order valence-corrected chi connectivity index (χ1v) is 13.2. The van der Waals surface area contributed by atoms with Crippen molar-refractivity contribution >= 4 is 17.6 Å². The summed E-state index contributed by atoms with van der Waals surface area (Å²) in [6, 6.07) is 19.9. The number of methoxy groups -OCH3 is 1. The van der Waals surface area contributed by atoms with Crippen molar-refractivity contribution in [3.8, 4) is 5.75 Å². The first-order valence-electron chi connectivity index (χ1n) is 13.2. The molecule has 196 valence electrons. The van der Waals surface area contributed by atoms with Crippen LogP contribution in [0.5, 0.6) is 5.75 Å². The average molecular weight is 511 g/mol. The molecule has 2 aromatic carbocycles. The molecule has 2 saturated heterocycles. The van der Waals surface area contributed by atoms with Crippen LogP contribution in [-0.2, 0) is 13.0 Å². The van der Waals surface area contributed by atoms with Gasteiger partial charge < -0.3 is 20.3 Å². The van der Waals surface area contributed by atoms with Crippen LogP contribution in [0.1, 0.15) is 57.5 Å². The normalized spacial score (nSPS) is 20.0. The summed E-state index contributed by atoms with van der Waals surface area (Å²) in [5.41, 5.74) is 3.11. The predicted octanol–water partition coefficient (Wildman–Crippen LogP) is 4.68. The summed E-state index contributed by atoms with van der Waals surface area (Å²) >= 11 is 0. The predicted molar refractivity (Wildman–Crippen MR) is 149 cm³/mol. The zero-order valence-electron chi connectivity index (χ0n) is 21.7. The molecule has 38 heavy (non-hydrogen) atoms. The van der Waals surface area contributed by atoms with Crippen LogP contribution in [0.2, 0.25) is 0 Å². The fourth-order valence-electron chi connectivity index (χ4n) is 5.81. The smallest absolute Gasteiger partial charge is 0.253 e. The van der Waals surface area contributed by atoms with E-state index in [1.165, 1.54) is 0 Å². The van der Waals surface area contributed by atoms with Crippen molar-refractivity contribution in [3.63, 3.8) is 0 Å². The van der Waals surface area contributed by atoms with Gasteiger partial charge in [-0.15, -0.1) is 6.58 Å². The molecule has 5 rings (SSSR count). The largest absolute Gasteiger partial charge is 0.496 e. The van der Waals surface area contributed by atoms with E-state index in [0.29, 0.717) is 41.9 Å². The van der Waals surface area contributed by atoms with Crippen molar-refractivity contribution in [2.45, 2.75) is 56.8 Å². The molecule has 0 spiro atoms. The van der Waals surface area contributed by atoms with Crippen LogP contribution in [0.15, 0.2) is 79.5 Å². The van der Waals surface area contributed by atoms with E-state index in [1.807, 2.05) is 60.7 Å². The molecule has 7 heteroatoms. The second kappa shape index (κ2) is 11.5. The minimum atomic E-state index is -0.134. The Hall–Kier alpha value is -4.13. The number of fused-ring (bicyclic) bond motifs is 2. The molecule has 3 atom stereocenters. The molecule has 1 unspecified atom stereocenters. The van der Waals surface area contributed by atoms with Crippen molar-refractivity contribution < 1.29 is 14.3 Å². The quantitative estimate of drug-likeness (QED) is 0.409. The Morgan fingerprint density at radius 1 is 1.03 bits per heavy atom. The Bertz CT molecular complexity index is 1280. The van der Waals surface area contributed by atoms with Crippen molar-refractivity contribution in [2.75, 3.05) is 12.0 Å². The van der Waals surface area contributed by atoms with E-state index >= 15 is 0 Å². The summed E-state index contributed by atoms with van der Waals surface area (Å²) in [6.45, 7) is 4.31. The van der Waals surface area contributed by atoms with E-state index in [0.717, 1.165) is 42.6 Å². The molecule has 2 aliphatic rings. The molecule has 0 saturated carbocycles. The van der Waals surface area contributed by atoms with Crippen LogP contribution in [0, 0.1) is 0 Å². The van der Waals surface area contributed by atoms with Gasteiger partial charge in [-0.2, -0.15) is 0 Å². The Morgan fingerprint density at radius 2 is 1.79 bits per heavy atom. The second-order valence-electron chi connectivity index (χ2n) is 9.99. The summed E-state index contributed by atoms with van der Waals surface area (Å²) in [6.07, 6.45) is 7.89. The van der Waals surface area contributed by atoms with Crippen LogP contribution < -0.4 is 20.3 Å². The summed E-state index contributed by atoms with van der Waals surface area (Å²) in [5.74, 6) is 1.40. The van der Waals surface area contributed by atoms with E-state index in [4.69, 9.17) is 4.74 Å². The summed E-state index contributed by atoms with van der Waals surface area (Å²) in [7, 11) is 1.62. The van der Waals surface area contributed by atoms with Crippen molar-refractivity contribution in [1.29, 1.82) is 0 Å². The maximum Gasteiger partial charge on any atom is 0.253 e. The van der Waals surface area contributed by atoms with E-state index in [2.05, 4.69) is 27.1 Å². The van der Waals surface area contributed by atoms with Gasteiger partial charge in [-0.1, -0.05) is 42.5 Å². The number of nitrogens with zero attached hydrogens (tertiary/aromatic N) is 2. The first kappa shape index (κ1) is 25.5. The maximum absolute atomic E-state index is 13.2. The number of aromatic nitrogens is 1. The van der Waals surface area contributed by atoms with Crippen LogP contribution >= 0.6 is 0 Å². The fraction of sp³-hybridized carbons (Fsp3) is 0.323. The van der Waals surface area contributed by atoms with Gasteiger partial charge in [-0.25, -0.2) is 4.98 Å². The van der Waals surface area contributed by atoms with E-state index in [1.54, 1.807) is 19.4 Å². The van der Waals surface area contributed by atoms with Gasteiger partial charge in [-0.3, -0.25) is 9.59 Å². The zero-order valence-corrected chi connectivity index (χ0v) is 21.7. The molecule has 7 nitrogen and oxygen atoms in total. The number of hydrogen-bond acceptors (Lipinski definition) is 5. The third-order valence-corrected chi connectivity index (χ3v) is 7.58. The monoisotopic (exact) mass is 510 g/mol.